The number of aromatic nitrogens is 2. The normalized spacial score (nSPS) is 12.6. The van der Waals surface area contributed by atoms with Gasteiger partial charge >= 0.3 is 0 Å². The average molecular weight is 971 g/mol. The number of pyridine rings is 2. The van der Waals surface area contributed by atoms with Crippen molar-refractivity contribution in [2.24, 2.45) is 11.3 Å². The smallest absolute Gasteiger partial charge is 0.162 e. The third-order valence-electron chi connectivity index (χ3n) is 11.3. The number of benzene rings is 4. The number of aliphatic hydroxyl groups excluding tert-OH is 1. The Balaban J connectivity index is 0.000000255. The minimum atomic E-state index is -0.248. The van der Waals surface area contributed by atoms with Crippen LogP contribution in [0.3, 0.4) is 0 Å². The number of aryl methyl sites for hydroxylation is 4. The molecule has 6 aromatic rings. The summed E-state index contributed by atoms with van der Waals surface area (Å²) in [6.45, 7) is 26.7. The molecule has 0 aliphatic rings. The fourth-order valence-corrected chi connectivity index (χ4v) is 7.06. The van der Waals surface area contributed by atoms with Crippen LogP contribution in [0, 0.1) is 51.2 Å². The Morgan fingerprint density at radius 3 is 1.46 bits per heavy atom. The van der Waals surface area contributed by atoms with Gasteiger partial charge in [0.2, 0.25) is 0 Å². The molecular formula is C54H66IrN2O2-2. The molecule has 0 aliphatic carbocycles. The van der Waals surface area contributed by atoms with Crippen molar-refractivity contribution in [2.75, 3.05) is 0 Å². The Bertz CT molecular complexity index is 2380. The van der Waals surface area contributed by atoms with Crippen molar-refractivity contribution in [3.8, 4) is 22.5 Å². The van der Waals surface area contributed by atoms with Gasteiger partial charge in [-0.15, -0.1) is 69.8 Å². The number of hydrogen-bond donors (Lipinski definition) is 1. The molecule has 0 saturated carbocycles. The maximum Gasteiger partial charge on any atom is 0.162 e. The van der Waals surface area contributed by atoms with Gasteiger partial charge in [0.15, 0.2) is 5.78 Å². The number of carbonyl (C=O) groups is 1. The molecule has 315 valence electrons. The molecule has 4 aromatic carbocycles. The van der Waals surface area contributed by atoms with Gasteiger partial charge in [0, 0.05) is 49.9 Å². The van der Waals surface area contributed by atoms with E-state index in [4.69, 9.17) is 5.48 Å². The van der Waals surface area contributed by atoms with Crippen molar-refractivity contribution in [3.05, 3.63) is 142 Å². The number of hydrogen-bond acceptors (Lipinski definition) is 4. The van der Waals surface area contributed by atoms with Crippen molar-refractivity contribution < 1.29 is 35.5 Å². The Morgan fingerprint density at radius 1 is 0.712 bits per heavy atom. The summed E-state index contributed by atoms with van der Waals surface area (Å²) in [6.07, 6.45) is 4.86. The molecule has 59 heavy (non-hydrogen) atoms. The minimum absolute atomic E-state index is 0. The van der Waals surface area contributed by atoms with E-state index >= 15 is 0 Å². The van der Waals surface area contributed by atoms with Gasteiger partial charge in [-0.1, -0.05) is 126 Å². The van der Waals surface area contributed by atoms with Crippen LogP contribution in [0.15, 0.2) is 96.9 Å². The van der Waals surface area contributed by atoms with E-state index < -0.39 is 0 Å². The first-order valence-corrected chi connectivity index (χ1v) is 21.0. The van der Waals surface area contributed by atoms with Gasteiger partial charge in [-0.05, 0) is 93.7 Å². The standard InChI is InChI=1S/2C20H20N.C14H26O2.Ir/c2*1-13(2)16-5-6-19-17(12-16)7-8-21-20(19)18-10-14(3)9-15(4)11-18;1-6-11(7-2)12(15)10-13(16)14(5,8-3)9-4;/h2*5-10,12-13H,1-4H3;10-11,16H,6-9H2,1-5H3;/q2*-1;;/b;;13-10-;/i2*7D,8D;;. The summed E-state index contributed by atoms with van der Waals surface area (Å²) in [5, 5.41) is 13.4. The summed E-state index contributed by atoms with van der Waals surface area (Å²) >= 11 is 0. The van der Waals surface area contributed by atoms with Crippen LogP contribution < -0.4 is 0 Å². The van der Waals surface area contributed by atoms with Crippen LogP contribution in [0.1, 0.15) is 139 Å². The molecule has 0 aliphatic heterocycles. The van der Waals surface area contributed by atoms with Crippen LogP contribution >= 0.6 is 0 Å². The van der Waals surface area contributed by atoms with E-state index in [1.54, 1.807) is 0 Å². The summed E-state index contributed by atoms with van der Waals surface area (Å²) in [4.78, 5) is 20.6. The van der Waals surface area contributed by atoms with Crippen molar-refractivity contribution in [1.29, 1.82) is 0 Å². The molecule has 0 unspecified atom stereocenters. The van der Waals surface area contributed by atoms with E-state index in [1.807, 2.05) is 98.7 Å². The van der Waals surface area contributed by atoms with Gasteiger partial charge < -0.3 is 15.1 Å². The molecule has 1 radical (unpaired) electrons. The molecule has 0 saturated heterocycles. The quantitative estimate of drug-likeness (QED) is 0.0798. The minimum Gasteiger partial charge on any atom is -0.512 e. The zero-order chi connectivity index (χ0) is 46.2. The Kier molecular flexibility index (Phi) is 16.1. The number of aliphatic hydroxyl groups is 1. The molecule has 2 aromatic heterocycles. The summed E-state index contributed by atoms with van der Waals surface area (Å²) in [5.74, 6) is 1.14. The fourth-order valence-electron chi connectivity index (χ4n) is 7.06. The maximum atomic E-state index is 11.9. The van der Waals surface area contributed by atoms with Gasteiger partial charge in [-0.25, -0.2) is 0 Å². The van der Waals surface area contributed by atoms with Crippen LogP contribution in [-0.4, -0.2) is 20.9 Å². The Labute approximate surface area is 375 Å². The van der Waals surface area contributed by atoms with E-state index in [-0.39, 0.29) is 67.4 Å². The van der Waals surface area contributed by atoms with Crippen LogP contribution in [-0.2, 0) is 24.9 Å². The van der Waals surface area contributed by atoms with Crippen molar-refractivity contribution in [2.45, 2.75) is 128 Å². The van der Waals surface area contributed by atoms with Crippen LogP contribution in [0.5, 0.6) is 0 Å². The van der Waals surface area contributed by atoms with Gasteiger partial charge in [0.05, 0.1) is 5.48 Å². The Hall–Kier alpha value is -4.44. The SMILES string of the molecule is CCC(CC)C(=O)/C=C(\O)C(C)(CC)CC.[2H]c1nc(-c2[c-]c(C)cc(C)c2)c2ccc(C(C)C)cc2c1[2H].[2H]c1nc(-c2[c-]c(C)cc(C)c2)c2ccc(C(C)C)cc2c1[2H].[Ir]. The molecule has 4 nitrogen and oxygen atoms in total. The first kappa shape index (κ1) is 42.7. The van der Waals surface area contributed by atoms with Gasteiger partial charge in [-0.2, -0.15) is 0 Å². The molecule has 2 heterocycles. The predicted octanol–water partition coefficient (Wildman–Crippen LogP) is 15.1. The molecule has 0 bridgehead atoms. The first-order chi connectivity index (χ1) is 29.2. The Morgan fingerprint density at radius 2 is 1.12 bits per heavy atom. The average Bonchev–Trinajstić information content (AvgIpc) is 3.22. The van der Waals surface area contributed by atoms with Crippen LogP contribution in [0.4, 0.5) is 0 Å². The fraction of sp³-hybridized carbons (Fsp3) is 0.389. The first-order valence-electron chi connectivity index (χ1n) is 23.0. The van der Waals surface area contributed by atoms with E-state index in [9.17, 15) is 9.90 Å². The zero-order valence-corrected chi connectivity index (χ0v) is 39.9. The van der Waals surface area contributed by atoms with Crippen molar-refractivity contribution in [3.63, 3.8) is 0 Å². The molecule has 0 atom stereocenters. The molecule has 0 spiro atoms. The monoisotopic (exact) mass is 972 g/mol. The van der Waals surface area contributed by atoms with E-state index in [0.29, 0.717) is 11.8 Å². The van der Waals surface area contributed by atoms with Crippen molar-refractivity contribution >= 4 is 27.3 Å². The maximum absolute atomic E-state index is 11.9. The third kappa shape index (κ3) is 12.8. The molecule has 1 N–H and O–H groups in total. The molecule has 0 amide bonds. The summed E-state index contributed by atoms with van der Waals surface area (Å²) in [5.41, 5.74) is 9.74. The van der Waals surface area contributed by atoms with Gasteiger partial charge in [0.25, 0.3) is 0 Å². The van der Waals surface area contributed by atoms with Crippen LogP contribution in [0.2, 0.25) is 0 Å². The molecule has 0 fully saturated rings. The summed E-state index contributed by atoms with van der Waals surface area (Å²) in [7, 11) is 0. The number of allylic oxidation sites excluding steroid dienone is 2. The topological polar surface area (TPSA) is 63.1 Å². The van der Waals surface area contributed by atoms with Crippen LogP contribution in [0.25, 0.3) is 44.1 Å². The van der Waals surface area contributed by atoms with E-state index in [0.717, 1.165) is 92.0 Å². The molecule has 6 rings (SSSR count). The number of fused-ring (bicyclic) bond motifs is 2. The molecular weight excluding hydrogens is 901 g/mol. The molecule has 5 heteroatoms. The number of rotatable bonds is 11. The number of ketones is 1. The second kappa shape index (κ2) is 22.2. The largest absolute Gasteiger partial charge is 0.512 e. The second-order valence-electron chi connectivity index (χ2n) is 16.5. The van der Waals surface area contributed by atoms with Gasteiger partial charge in [-0.3, -0.25) is 4.79 Å². The van der Waals surface area contributed by atoms with Gasteiger partial charge in [0.1, 0.15) is 5.76 Å². The van der Waals surface area contributed by atoms with E-state index in [2.05, 4.69) is 74.1 Å². The number of nitrogens with zero attached hydrogens (tertiary/aromatic N) is 2. The second-order valence-corrected chi connectivity index (χ2v) is 16.5. The van der Waals surface area contributed by atoms with Crippen molar-refractivity contribution in [1.82, 2.24) is 9.97 Å². The summed E-state index contributed by atoms with van der Waals surface area (Å²) in [6, 6.07) is 27.5. The zero-order valence-electron chi connectivity index (χ0n) is 41.5. The summed E-state index contributed by atoms with van der Waals surface area (Å²) < 4.78 is 32.5. The third-order valence-corrected chi connectivity index (χ3v) is 11.3. The predicted molar refractivity (Wildman–Crippen MR) is 248 cm³/mol. The number of carbonyl (C=O) groups excluding carboxylic acids is 1. The van der Waals surface area contributed by atoms with E-state index in [1.165, 1.54) is 17.2 Å².